The van der Waals surface area contributed by atoms with E-state index in [0.717, 1.165) is 25.7 Å². The highest BCUT2D eigenvalue weighted by atomic mass is 15.3. The summed E-state index contributed by atoms with van der Waals surface area (Å²) in [4.78, 5) is 8.80. The van der Waals surface area contributed by atoms with Crippen LogP contribution >= 0.6 is 0 Å². The predicted molar refractivity (Wildman–Crippen MR) is 56.8 cm³/mol. The van der Waals surface area contributed by atoms with E-state index in [9.17, 15) is 0 Å². The molecule has 0 aromatic heterocycles. The molecule has 78 valence electrons. The molecule has 1 aliphatic carbocycles. The smallest absolute Gasteiger partial charge is 0.197 e. The van der Waals surface area contributed by atoms with Crippen molar-refractivity contribution >= 4 is 11.9 Å². The number of guanidine groups is 2. The van der Waals surface area contributed by atoms with Crippen LogP contribution in [0.15, 0.2) is 9.98 Å². The van der Waals surface area contributed by atoms with E-state index < -0.39 is 0 Å². The molecule has 2 rings (SSSR count). The number of aliphatic imine (C=N–C) groups is 2. The maximum atomic E-state index is 5.66. The van der Waals surface area contributed by atoms with Gasteiger partial charge < -0.3 is 11.5 Å². The first-order chi connectivity index (χ1) is 6.70. The van der Waals surface area contributed by atoms with Crippen molar-refractivity contribution < 1.29 is 0 Å². The van der Waals surface area contributed by atoms with Gasteiger partial charge in [0.05, 0.1) is 0 Å². The Morgan fingerprint density at radius 2 is 1.43 bits per heavy atom. The van der Waals surface area contributed by atoms with Crippen molar-refractivity contribution in [1.82, 2.24) is 5.32 Å². The lowest BCUT2D eigenvalue weighted by Gasteiger charge is -2.28. The molecule has 0 amide bonds. The SMILES string of the molecule is NC1=NC2(CCCCCC2)N=C(N)N1. The lowest BCUT2D eigenvalue weighted by atomic mass is 10.0. The van der Waals surface area contributed by atoms with Gasteiger partial charge in [0.2, 0.25) is 0 Å². The van der Waals surface area contributed by atoms with Gasteiger partial charge in [0.25, 0.3) is 0 Å². The minimum atomic E-state index is -0.351. The Kier molecular flexibility index (Phi) is 2.31. The summed E-state index contributed by atoms with van der Waals surface area (Å²) in [5, 5.41) is 2.73. The van der Waals surface area contributed by atoms with Crippen LogP contribution in [0.4, 0.5) is 0 Å². The Balaban J connectivity index is 2.23. The van der Waals surface area contributed by atoms with Gasteiger partial charge in [0.15, 0.2) is 17.6 Å². The molecule has 0 bridgehead atoms. The first-order valence-corrected chi connectivity index (χ1v) is 5.18. The molecule has 1 aliphatic heterocycles. The number of nitrogens with one attached hydrogen (secondary N) is 1. The van der Waals surface area contributed by atoms with E-state index in [0.29, 0.717) is 11.9 Å². The molecule has 5 heteroatoms. The van der Waals surface area contributed by atoms with Crippen LogP contribution in [0.1, 0.15) is 38.5 Å². The summed E-state index contributed by atoms with van der Waals surface area (Å²) in [6.07, 6.45) is 6.79. The highest BCUT2D eigenvalue weighted by molar-refractivity contribution is 5.98. The third kappa shape index (κ3) is 1.81. The lowest BCUT2D eigenvalue weighted by molar-refractivity contribution is 0.386. The molecule has 2 aliphatic rings. The predicted octanol–water partition coefficient (Wildman–Crippen LogP) is 0.270. The zero-order chi connectivity index (χ0) is 10.0. The zero-order valence-corrected chi connectivity index (χ0v) is 8.29. The van der Waals surface area contributed by atoms with Crippen molar-refractivity contribution in [2.24, 2.45) is 21.5 Å². The molecule has 1 spiro atoms. The summed E-state index contributed by atoms with van der Waals surface area (Å²) in [6, 6.07) is 0. The quantitative estimate of drug-likeness (QED) is 0.518. The van der Waals surface area contributed by atoms with Gasteiger partial charge in [-0.1, -0.05) is 12.8 Å². The van der Waals surface area contributed by atoms with Crippen LogP contribution in [0.25, 0.3) is 0 Å². The van der Waals surface area contributed by atoms with Crippen molar-refractivity contribution in [3.8, 4) is 0 Å². The first kappa shape index (κ1) is 9.30. The summed E-state index contributed by atoms with van der Waals surface area (Å²) in [7, 11) is 0. The van der Waals surface area contributed by atoms with Crippen molar-refractivity contribution in [3.63, 3.8) is 0 Å². The molecule has 0 unspecified atom stereocenters. The summed E-state index contributed by atoms with van der Waals surface area (Å²) < 4.78 is 0. The highest BCUT2D eigenvalue weighted by Crippen LogP contribution is 2.32. The molecule has 1 fully saturated rings. The van der Waals surface area contributed by atoms with Gasteiger partial charge in [-0.15, -0.1) is 0 Å². The van der Waals surface area contributed by atoms with Crippen molar-refractivity contribution in [2.75, 3.05) is 0 Å². The summed E-state index contributed by atoms with van der Waals surface area (Å²) in [5.74, 6) is 0.804. The monoisotopic (exact) mass is 195 g/mol. The molecule has 5 N–H and O–H groups in total. The minimum Gasteiger partial charge on any atom is -0.370 e. The first-order valence-electron chi connectivity index (χ1n) is 5.18. The molecule has 0 aromatic rings. The van der Waals surface area contributed by atoms with Crippen LogP contribution in [-0.4, -0.2) is 17.6 Å². The maximum Gasteiger partial charge on any atom is 0.197 e. The van der Waals surface area contributed by atoms with Gasteiger partial charge in [-0.3, -0.25) is 5.32 Å². The normalized spacial score (nSPS) is 26.0. The van der Waals surface area contributed by atoms with Gasteiger partial charge in [-0.05, 0) is 25.7 Å². The summed E-state index contributed by atoms with van der Waals surface area (Å²) in [6.45, 7) is 0. The molecule has 1 saturated carbocycles. The number of rotatable bonds is 0. The van der Waals surface area contributed by atoms with Crippen LogP contribution < -0.4 is 16.8 Å². The summed E-state index contributed by atoms with van der Waals surface area (Å²) >= 11 is 0. The standard InChI is InChI=1S/C9H17N5/c10-7-12-8(11)14-9(13-7)5-3-1-2-4-6-9/h1-6H2,(H5,10,11,12,13,14). The molecule has 14 heavy (non-hydrogen) atoms. The fourth-order valence-electron chi connectivity index (χ4n) is 2.18. The van der Waals surface area contributed by atoms with E-state index in [1.54, 1.807) is 0 Å². The number of hydrogen-bond donors (Lipinski definition) is 3. The fourth-order valence-corrected chi connectivity index (χ4v) is 2.18. The minimum absolute atomic E-state index is 0.351. The average Bonchev–Trinajstić information content (AvgIpc) is 2.28. The van der Waals surface area contributed by atoms with Gasteiger partial charge >= 0.3 is 0 Å². The van der Waals surface area contributed by atoms with Crippen molar-refractivity contribution in [3.05, 3.63) is 0 Å². The Morgan fingerprint density at radius 3 is 1.93 bits per heavy atom. The van der Waals surface area contributed by atoms with Crippen LogP contribution in [0, 0.1) is 0 Å². The van der Waals surface area contributed by atoms with Gasteiger partial charge in [0.1, 0.15) is 0 Å². The molecule has 0 radical (unpaired) electrons. The highest BCUT2D eigenvalue weighted by Gasteiger charge is 2.32. The second-order valence-corrected chi connectivity index (χ2v) is 4.02. The molecule has 0 aromatic carbocycles. The van der Waals surface area contributed by atoms with E-state index in [1.807, 2.05) is 0 Å². The number of nitrogens with zero attached hydrogens (tertiary/aromatic N) is 2. The molecule has 0 atom stereocenters. The number of nitrogens with two attached hydrogens (primary N) is 2. The summed E-state index contributed by atoms with van der Waals surface area (Å²) in [5.41, 5.74) is 11.0. The average molecular weight is 195 g/mol. The second-order valence-electron chi connectivity index (χ2n) is 4.02. The van der Waals surface area contributed by atoms with Gasteiger partial charge in [-0.25, -0.2) is 9.98 Å². The molecule has 0 saturated heterocycles. The van der Waals surface area contributed by atoms with Crippen molar-refractivity contribution in [1.29, 1.82) is 0 Å². The van der Waals surface area contributed by atoms with E-state index in [-0.39, 0.29) is 5.66 Å². The Bertz CT molecular complexity index is 253. The molecule has 1 heterocycles. The second kappa shape index (κ2) is 3.48. The van der Waals surface area contributed by atoms with Crippen molar-refractivity contribution in [2.45, 2.75) is 44.2 Å². The fraction of sp³-hybridized carbons (Fsp3) is 0.778. The Hall–Kier alpha value is -1.26. The lowest BCUT2D eigenvalue weighted by Crippen LogP contribution is -2.49. The van der Waals surface area contributed by atoms with Gasteiger partial charge in [-0.2, -0.15) is 0 Å². The molecular formula is C9H17N5. The largest absolute Gasteiger partial charge is 0.370 e. The van der Waals surface area contributed by atoms with Crippen LogP contribution in [0.2, 0.25) is 0 Å². The number of hydrogen-bond acceptors (Lipinski definition) is 5. The molecule has 5 nitrogen and oxygen atoms in total. The van der Waals surface area contributed by atoms with E-state index in [2.05, 4.69) is 15.3 Å². The van der Waals surface area contributed by atoms with Crippen LogP contribution in [0.5, 0.6) is 0 Å². The third-order valence-corrected chi connectivity index (χ3v) is 2.82. The zero-order valence-electron chi connectivity index (χ0n) is 8.29. The maximum absolute atomic E-state index is 5.66. The van der Waals surface area contributed by atoms with E-state index in [1.165, 1.54) is 12.8 Å². The Morgan fingerprint density at radius 1 is 0.929 bits per heavy atom. The van der Waals surface area contributed by atoms with E-state index in [4.69, 9.17) is 11.5 Å². The van der Waals surface area contributed by atoms with Crippen LogP contribution in [-0.2, 0) is 0 Å². The third-order valence-electron chi connectivity index (χ3n) is 2.82. The Labute approximate surface area is 83.7 Å². The van der Waals surface area contributed by atoms with Gasteiger partial charge in [0, 0.05) is 0 Å². The van der Waals surface area contributed by atoms with E-state index >= 15 is 0 Å². The van der Waals surface area contributed by atoms with Crippen LogP contribution in [0.3, 0.4) is 0 Å². The molecular weight excluding hydrogens is 178 g/mol. The topological polar surface area (TPSA) is 88.8 Å².